The lowest BCUT2D eigenvalue weighted by Gasteiger charge is -2.30. The van der Waals surface area contributed by atoms with Crippen LogP contribution in [0.4, 0.5) is 24.5 Å². The molecule has 2 N–H and O–H groups in total. The van der Waals surface area contributed by atoms with Gasteiger partial charge in [-0.25, -0.2) is 4.79 Å². The zero-order valence-electron chi connectivity index (χ0n) is 11.8. The van der Waals surface area contributed by atoms with Crippen LogP contribution in [0.2, 0.25) is 0 Å². The predicted molar refractivity (Wildman–Crippen MR) is 74.4 cm³/mol. The molecular weight excluding hydrogens is 361 g/mol. The molecule has 0 aliphatic rings. The Bertz CT molecular complexity index is 668. The van der Waals surface area contributed by atoms with E-state index in [1.165, 1.54) is 0 Å². The summed E-state index contributed by atoms with van der Waals surface area (Å²) in [5.41, 5.74) is -5.00. The minimum absolute atomic E-state index is 0.255. The number of nitro benzene ring substituents is 1. The summed E-state index contributed by atoms with van der Waals surface area (Å²) in [5, 5.41) is 19.2. The second-order valence-electron chi connectivity index (χ2n) is 4.41. The van der Waals surface area contributed by atoms with Crippen molar-refractivity contribution in [1.82, 2.24) is 0 Å². The molecule has 0 aliphatic carbocycles. The van der Waals surface area contributed by atoms with Crippen LogP contribution in [0.3, 0.4) is 0 Å². The first kappa shape index (κ1) is 19.6. The number of hydrogen-bond acceptors (Lipinski definition) is 6. The van der Waals surface area contributed by atoms with Gasteiger partial charge in [-0.15, -0.1) is 11.6 Å². The van der Waals surface area contributed by atoms with Gasteiger partial charge in [-0.1, -0.05) is 6.07 Å². The van der Waals surface area contributed by atoms with Gasteiger partial charge in [-0.3, -0.25) is 14.9 Å². The zero-order chi connectivity index (χ0) is 18.7. The molecule has 1 aromatic rings. The third-order valence-corrected chi connectivity index (χ3v) is 3.36. The number of non-ortho nitro benzene ring substituents is 1. The van der Waals surface area contributed by atoms with E-state index < -0.39 is 39.6 Å². The molecule has 0 radical (unpaired) electrons. The summed E-state index contributed by atoms with van der Waals surface area (Å²) in [4.78, 5) is 32.9. The molecule has 24 heavy (non-hydrogen) atoms. The average molecular weight is 371 g/mol. The van der Waals surface area contributed by atoms with Crippen LogP contribution in [0.15, 0.2) is 24.3 Å². The highest BCUT2D eigenvalue weighted by Crippen LogP contribution is 2.37. The quantitative estimate of drug-likeness (QED) is 0.352. The van der Waals surface area contributed by atoms with E-state index in [0.717, 1.165) is 24.3 Å². The number of benzene rings is 1. The third-order valence-electron chi connectivity index (χ3n) is 2.85. The van der Waals surface area contributed by atoms with Gasteiger partial charge >= 0.3 is 12.1 Å². The molecule has 0 spiro atoms. The Morgan fingerprint density at radius 3 is 2.46 bits per heavy atom. The van der Waals surface area contributed by atoms with Crippen molar-refractivity contribution in [2.45, 2.75) is 17.2 Å². The molecule has 0 unspecified atom stereocenters. The Morgan fingerprint density at radius 1 is 1.42 bits per heavy atom. The Morgan fingerprint density at radius 2 is 2.00 bits per heavy atom. The van der Waals surface area contributed by atoms with Crippen LogP contribution in [-0.4, -0.2) is 46.2 Å². The number of rotatable bonds is 5. The van der Waals surface area contributed by atoms with Gasteiger partial charge in [-0.05, 0) is 6.07 Å². The number of carbonyl (C=O) groups excluding carboxylic acids is 2. The van der Waals surface area contributed by atoms with Crippen molar-refractivity contribution in [3.8, 4) is 0 Å². The number of nitrogens with zero attached hydrogens (tertiary/aromatic N) is 1. The summed E-state index contributed by atoms with van der Waals surface area (Å²) in [7, 11) is 0.571. The minimum atomic E-state index is -5.60. The topological polar surface area (TPSA) is 119 Å². The number of carbonyl (C=O) groups is 2. The molecule has 0 aromatic heterocycles. The number of methoxy groups -OCH3 is 1. The smallest absolute Gasteiger partial charge is 0.430 e. The van der Waals surface area contributed by atoms with E-state index in [1.807, 2.05) is 5.32 Å². The average Bonchev–Trinajstić information content (AvgIpc) is 2.51. The Labute approximate surface area is 137 Å². The van der Waals surface area contributed by atoms with E-state index in [9.17, 15) is 38.0 Å². The number of halogens is 4. The number of ether oxygens (including phenoxy) is 1. The highest BCUT2D eigenvalue weighted by Gasteiger charge is 2.67. The van der Waals surface area contributed by atoms with Crippen LogP contribution in [-0.2, 0) is 14.3 Å². The summed E-state index contributed by atoms with van der Waals surface area (Å²) < 4.78 is 42.7. The molecule has 0 bridgehead atoms. The summed E-state index contributed by atoms with van der Waals surface area (Å²) >= 11 is 5.33. The van der Waals surface area contributed by atoms with E-state index >= 15 is 0 Å². The van der Waals surface area contributed by atoms with E-state index in [4.69, 9.17) is 11.6 Å². The second kappa shape index (κ2) is 7.01. The Kier molecular flexibility index (Phi) is 5.74. The molecule has 8 nitrogen and oxygen atoms in total. The van der Waals surface area contributed by atoms with Crippen LogP contribution in [0.5, 0.6) is 0 Å². The number of anilines is 1. The molecular formula is C12H10ClF3N2O6. The number of amides is 1. The van der Waals surface area contributed by atoms with Gasteiger partial charge in [0.2, 0.25) is 5.91 Å². The van der Waals surface area contributed by atoms with Gasteiger partial charge in [0.1, 0.15) is 0 Å². The van der Waals surface area contributed by atoms with Crippen molar-refractivity contribution in [1.29, 1.82) is 0 Å². The van der Waals surface area contributed by atoms with E-state index in [1.54, 1.807) is 0 Å². The van der Waals surface area contributed by atoms with E-state index in [-0.39, 0.29) is 5.69 Å². The molecule has 0 fully saturated rings. The third kappa shape index (κ3) is 3.74. The van der Waals surface area contributed by atoms with Crippen LogP contribution < -0.4 is 5.32 Å². The van der Waals surface area contributed by atoms with Crippen LogP contribution >= 0.6 is 11.6 Å². The normalized spacial score (nSPS) is 15.1. The van der Waals surface area contributed by atoms with Gasteiger partial charge in [0.25, 0.3) is 11.3 Å². The van der Waals surface area contributed by atoms with Crippen molar-refractivity contribution in [3.63, 3.8) is 0 Å². The van der Waals surface area contributed by atoms with Gasteiger partial charge in [-0.2, -0.15) is 13.2 Å². The van der Waals surface area contributed by atoms with E-state index in [2.05, 4.69) is 4.74 Å². The first-order valence-electron chi connectivity index (χ1n) is 6.02. The lowest BCUT2D eigenvalue weighted by molar-refractivity contribution is -0.384. The SMILES string of the molecule is COC(=O)[C@](O)([C@H](Cl)C(=O)Nc1cccc([N+](=O)[O-])c1)C(F)(F)F. The summed E-state index contributed by atoms with van der Waals surface area (Å²) in [5.74, 6) is -3.79. The highest BCUT2D eigenvalue weighted by molar-refractivity contribution is 6.35. The summed E-state index contributed by atoms with van der Waals surface area (Å²) in [6.45, 7) is 0. The molecule has 0 heterocycles. The molecule has 0 saturated carbocycles. The maximum absolute atomic E-state index is 13.0. The van der Waals surface area contributed by atoms with Crippen LogP contribution in [0.25, 0.3) is 0 Å². The van der Waals surface area contributed by atoms with Crippen molar-refractivity contribution >= 4 is 34.9 Å². The first-order valence-corrected chi connectivity index (χ1v) is 6.45. The number of hydrogen-bond donors (Lipinski definition) is 2. The molecule has 1 rings (SSSR count). The lowest BCUT2D eigenvalue weighted by Crippen LogP contribution is -2.62. The largest absolute Gasteiger partial charge is 0.467 e. The first-order chi connectivity index (χ1) is 10.9. The molecule has 1 aromatic carbocycles. The van der Waals surface area contributed by atoms with Gasteiger partial charge in [0.15, 0.2) is 5.38 Å². The number of nitrogens with one attached hydrogen (secondary N) is 1. The Hall–Kier alpha value is -2.40. The second-order valence-corrected chi connectivity index (χ2v) is 4.85. The molecule has 1 amide bonds. The highest BCUT2D eigenvalue weighted by atomic mass is 35.5. The fourth-order valence-corrected chi connectivity index (χ4v) is 1.88. The van der Waals surface area contributed by atoms with Crippen molar-refractivity contribution in [3.05, 3.63) is 34.4 Å². The Balaban J connectivity index is 3.11. The molecule has 0 saturated heterocycles. The number of esters is 1. The van der Waals surface area contributed by atoms with Crippen molar-refractivity contribution in [2.75, 3.05) is 12.4 Å². The molecule has 0 aliphatic heterocycles. The molecule has 2 atom stereocenters. The lowest BCUT2D eigenvalue weighted by atomic mass is 9.98. The fourth-order valence-electron chi connectivity index (χ4n) is 1.61. The van der Waals surface area contributed by atoms with Gasteiger partial charge in [0, 0.05) is 17.8 Å². The predicted octanol–water partition coefficient (Wildman–Crippen LogP) is 1.61. The van der Waals surface area contributed by atoms with E-state index in [0.29, 0.717) is 7.11 Å². The van der Waals surface area contributed by atoms with Crippen LogP contribution in [0.1, 0.15) is 0 Å². The summed E-state index contributed by atoms with van der Waals surface area (Å²) in [6.07, 6.45) is -5.60. The number of aliphatic hydroxyl groups is 1. The molecule has 12 heteroatoms. The zero-order valence-corrected chi connectivity index (χ0v) is 12.6. The number of alkyl halides is 4. The monoisotopic (exact) mass is 370 g/mol. The minimum Gasteiger partial charge on any atom is -0.467 e. The van der Waals surface area contributed by atoms with Crippen molar-refractivity contribution in [2.24, 2.45) is 0 Å². The summed E-state index contributed by atoms with van der Waals surface area (Å²) in [6, 6.07) is 4.23. The fraction of sp³-hybridized carbons (Fsp3) is 0.333. The molecule has 132 valence electrons. The number of nitro groups is 1. The maximum Gasteiger partial charge on any atom is 0.430 e. The van der Waals surface area contributed by atoms with Gasteiger partial charge < -0.3 is 15.2 Å². The maximum atomic E-state index is 13.0. The van der Waals surface area contributed by atoms with Crippen molar-refractivity contribution < 1.29 is 37.5 Å². The van der Waals surface area contributed by atoms with Gasteiger partial charge in [0.05, 0.1) is 12.0 Å². The van der Waals surface area contributed by atoms with Crippen LogP contribution in [0, 0.1) is 10.1 Å². The standard InChI is InChI=1S/C12H10ClF3N2O6/c1-24-10(20)11(21,12(14,15)16)8(13)9(19)17-6-3-2-4-7(5-6)18(22)23/h2-5,8,21H,1H3,(H,17,19)/t8-,11-/m1/s1.